The lowest BCUT2D eigenvalue weighted by molar-refractivity contribution is -0.122. The number of carbonyl (C=O) groups excluding carboxylic acids is 1. The summed E-state index contributed by atoms with van der Waals surface area (Å²) in [6.45, 7) is 2.21. The molecule has 8 heteroatoms. The number of nitrogens with one attached hydrogen (secondary N) is 1. The molecule has 2 saturated heterocycles. The number of carbonyl (C=O) groups is 1. The summed E-state index contributed by atoms with van der Waals surface area (Å²) in [5, 5.41) is 2.81. The summed E-state index contributed by atoms with van der Waals surface area (Å²) in [7, 11) is -3.24. The molecule has 7 nitrogen and oxygen atoms in total. The maximum atomic E-state index is 12.4. The summed E-state index contributed by atoms with van der Waals surface area (Å²) in [5.41, 5.74) is 0.631. The van der Waals surface area contributed by atoms with Gasteiger partial charge in [0, 0.05) is 19.3 Å². The van der Waals surface area contributed by atoms with E-state index in [9.17, 15) is 13.2 Å². The van der Waals surface area contributed by atoms with Gasteiger partial charge in [-0.05, 0) is 25.5 Å². The van der Waals surface area contributed by atoms with Gasteiger partial charge in [-0.2, -0.15) is 4.31 Å². The smallest absolute Gasteiger partial charge is 0.230 e. The number of fused-ring (bicyclic) bond motifs is 2. The van der Waals surface area contributed by atoms with Gasteiger partial charge in [-0.3, -0.25) is 9.78 Å². The van der Waals surface area contributed by atoms with Crippen LogP contribution in [0, 0.1) is 5.92 Å². The van der Waals surface area contributed by atoms with Gasteiger partial charge in [-0.1, -0.05) is 0 Å². The van der Waals surface area contributed by atoms with E-state index in [2.05, 4.69) is 10.3 Å². The van der Waals surface area contributed by atoms with Gasteiger partial charge in [-0.15, -0.1) is 0 Å². The predicted molar refractivity (Wildman–Crippen MR) is 80.7 cm³/mol. The first-order valence-electron chi connectivity index (χ1n) is 7.34. The minimum atomic E-state index is -3.24. The number of hydrogen-bond donors (Lipinski definition) is 1. The van der Waals surface area contributed by atoms with Crippen LogP contribution < -0.4 is 5.32 Å². The molecule has 0 aromatic carbocycles. The molecule has 22 heavy (non-hydrogen) atoms. The Bertz CT molecular complexity index is 649. The molecule has 0 unspecified atom stereocenters. The van der Waals surface area contributed by atoms with Crippen LogP contribution in [0.15, 0.2) is 24.5 Å². The van der Waals surface area contributed by atoms with E-state index in [0.29, 0.717) is 18.7 Å². The second-order valence-electron chi connectivity index (χ2n) is 5.59. The summed E-state index contributed by atoms with van der Waals surface area (Å²) >= 11 is 0. The zero-order valence-electron chi connectivity index (χ0n) is 12.3. The van der Waals surface area contributed by atoms with Gasteiger partial charge in [0.2, 0.25) is 15.9 Å². The molecule has 3 heterocycles. The first-order valence-corrected chi connectivity index (χ1v) is 8.94. The maximum Gasteiger partial charge on any atom is 0.230 e. The molecule has 3 atom stereocenters. The van der Waals surface area contributed by atoms with E-state index >= 15 is 0 Å². The molecule has 1 N–H and O–H groups in total. The van der Waals surface area contributed by atoms with Crippen LogP contribution in [-0.4, -0.2) is 54.7 Å². The molecule has 1 aromatic heterocycles. The van der Waals surface area contributed by atoms with Crippen molar-refractivity contribution in [2.45, 2.75) is 25.6 Å². The molecule has 0 radical (unpaired) electrons. The van der Waals surface area contributed by atoms with Crippen LogP contribution >= 0.6 is 0 Å². The van der Waals surface area contributed by atoms with Crippen molar-refractivity contribution in [1.29, 1.82) is 0 Å². The zero-order chi connectivity index (χ0) is 15.7. The first-order chi connectivity index (χ1) is 10.5. The van der Waals surface area contributed by atoms with Crippen molar-refractivity contribution >= 4 is 21.6 Å². The van der Waals surface area contributed by atoms with E-state index in [1.807, 2.05) is 0 Å². The van der Waals surface area contributed by atoms with Crippen molar-refractivity contribution in [3.8, 4) is 0 Å². The number of sulfonamides is 1. The van der Waals surface area contributed by atoms with E-state index in [1.54, 1.807) is 31.5 Å². The monoisotopic (exact) mass is 325 g/mol. The Morgan fingerprint density at radius 2 is 2.32 bits per heavy atom. The van der Waals surface area contributed by atoms with Crippen LogP contribution in [0.4, 0.5) is 5.69 Å². The average molecular weight is 325 g/mol. The van der Waals surface area contributed by atoms with Gasteiger partial charge in [0.25, 0.3) is 0 Å². The van der Waals surface area contributed by atoms with E-state index in [4.69, 9.17) is 4.74 Å². The van der Waals surface area contributed by atoms with Gasteiger partial charge >= 0.3 is 0 Å². The Hall–Kier alpha value is -1.51. The van der Waals surface area contributed by atoms with Gasteiger partial charge in [-0.25, -0.2) is 8.42 Å². The van der Waals surface area contributed by atoms with Crippen LogP contribution in [0.5, 0.6) is 0 Å². The third-order valence-corrected chi connectivity index (χ3v) is 5.96. The molecule has 1 amide bonds. The van der Waals surface area contributed by atoms with Crippen LogP contribution in [0.2, 0.25) is 0 Å². The quantitative estimate of drug-likeness (QED) is 0.869. The average Bonchev–Trinajstić information content (AvgIpc) is 2.82. The van der Waals surface area contributed by atoms with Gasteiger partial charge < -0.3 is 10.1 Å². The van der Waals surface area contributed by atoms with E-state index in [0.717, 1.165) is 0 Å². The Balaban J connectivity index is 1.69. The second kappa shape index (κ2) is 5.94. The first kappa shape index (κ1) is 15.4. The number of ether oxygens (including phenoxy) is 1. The highest BCUT2D eigenvalue weighted by Crippen LogP contribution is 2.33. The van der Waals surface area contributed by atoms with Crippen molar-refractivity contribution in [2.75, 3.05) is 24.2 Å². The molecule has 0 saturated carbocycles. The second-order valence-corrected chi connectivity index (χ2v) is 7.84. The summed E-state index contributed by atoms with van der Waals surface area (Å²) < 4.78 is 31.2. The van der Waals surface area contributed by atoms with E-state index in [-0.39, 0.29) is 36.3 Å². The highest BCUT2D eigenvalue weighted by atomic mass is 32.2. The topological polar surface area (TPSA) is 88.6 Å². The van der Waals surface area contributed by atoms with Crippen molar-refractivity contribution in [3.63, 3.8) is 0 Å². The number of morpholine rings is 1. The Morgan fingerprint density at radius 3 is 3.00 bits per heavy atom. The summed E-state index contributed by atoms with van der Waals surface area (Å²) in [4.78, 5) is 16.3. The maximum absolute atomic E-state index is 12.4. The fourth-order valence-electron chi connectivity index (χ4n) is 2.98. The number of amides is 1. The molecule has 2 aliphatic heterocycles. The highest BCUT2D eigenvalue weighted by Gasteiger charge is 2.46. The third-order valence-electron chi connectivity index (χ3n) is 4.15. The summed E-state index contributed by atoms with van der Waals surface area (Å²) in [5.74, 6) is -0.405. The van der Waals surface area contributed by atoms with Gasteiger partial charge in [0.05, 0.1) is 35.8 Å². The molecule has 0 aliphatic carbocycles. The molecule has 1 aromatic rings. The van der Waals surface area contributed by atoms with Crippen LogP contribution in [0.25, 0.3) is 0 Å². The molecule has 120 valence electrons. The molecular formula is C14H19N3O4S. The number of aromatic nitrogens is 1. The number of pyridine rings is 1. The van der Waals surface area contributed by atoms with Crippen LogP contribution in [0.1, 0.15) is 13.3 Å². The number of nitrogens with zero attached hydrogens (tertiary/aromatic N) is 2. The van der Waals surface area contributed by atoms with Crippen molar-refractivity contribution in [3.05, 3.63) is 24.5 Å². The van der Waals surface area contributed by atoms with Crippen molar-refractivity contribution in [1.82, 2.24) is 9.29 Å². The third kappa shape index (κ3) is 2.99. The van der Waals surface area contributed by atoms with E-state index < -0.39 is 10.0 Å². The number of hydrogen-bond acceptors (Lipinski definition) is 5. The fourth-order valence-corrected chi connectivity index (χ4v) is 4.11. The van der Waals surface area contributed by atoms with E-state index in [1.165, 1.54) is 4.31 Å². The largest absolute Gasteiger partial charge is 0.371 e. The molecular weight excluding hydrogens is 306 g/mol. The lowest BCUT2D eigenvalue weighted by Crippen LogP contribution is -2.47. The summed E-state index contributed by atoms with van der Waals surface area (Å²) in [6, 6.07) is 3.51. The van der Waals surface area contributed by atoms with Crippen molar-refractivity contribution < 1.29 is 17.9 Å². The number of anilines is 1. The molecule has 2 aliphatic rings. The Labute approximate surface area is 129 Å². The standard InChI is InChI=1S/C14H19N3O4S/c1-2-22(19,20)17-8-11-6-12(13(9-17)21-11)14(18)16-10-4-3-5-15-7-10/h3-5,7,11-13H,2,6,8-9H2,1H3,(H,16,18)/t11-,12+,13-/m0/s1. The molecule has 2 bridgehead atoms. The molecule has 3 rings (SSSR count). The molecule has 0 spiro atoms. The highest BCUT2D eigenvalue weighted by molar-refractivity contribution is 7.89. The van der Waals surface area contributed by atoms with Gasteiger partial charge in [0.15, 0.2) is 0 Å². The minimum Gasteiger partial charge on any atom is -0.371 e. The minimum absolute atomic E-state index is 0.0684. The SMILES string of the molecule is CCS(=O)(=O)N1C[C@@H]2C[C@@H](C(=O)Nc3cccnc3)[C@H](C1)O2. The van der Waals surface area contributed by atoms with Gasteiger partial charge in [0.1, 0.15) is 0 Å². The lowest BCUT2D eigenvalue weighted by atomic mass is 9.99. The fraction of sp³-hybridized carbons (Fsp3) is 0.571. The van der Waals surface area contributed by atoms with Crippen LogP contribution in [-0.2, 0) is 19.6 Å². The lowest BCUT2D eigenvalue weighted by Gasteiger charge is -2.31. The molecule has 2 fully saturated rings. The Morgan fingerprint density at radius 1 is 1.50 bits per heavy atom. The normalized spacial score (nSPS) is 28.5. The summed E-state index contributed by atoms with van der Waals surface area (Å²) in [6.07, 6.45) is 3.18. The van der Waals surface area contributed by atoms with Crippen molar-refractivity contribution in [2.24, 2.45) is 5.92 Å². The zero-order valence-corrected chi connectivity index (χ0v) is 13.1. The van der Waals surface area contributed by atoms with Crippen LogP contribution in [0.3, 0.4) is 0 Å². The Kier molecular flexibility index (Phi) is 4.16. The number of rotatable bonds is 4. The predicted octanol–water partition coefficient (Wildman–Crippen LogP) is 0.459.